The largest absolute Gasteiger partial charge is 0.508 e. The summed E-state index contributed by atoms with van der Waals surface area (Å²) in [5.74, 6) is -3.28. The zero-order valence-corrected chi connectivity index (χ0v) is 38.8. The standard InChI is InChI=1S/C51H62N6O9/c1-8-43(59)55-19-17-51(64,28-55)49(63)54(7)44(30(3)4)46(60)52-41-22-31-20-34(23-35(58)21-31)32-15-16-42-37(24-32)38(45(56(42)9-2)36-13-10-12-33-26-65-27-39(33)36)25-50(5,6)29-66-48(62)40-14-11-18-57(53-40)47(41)61/h8,10,12-13,15-16,20-21,23-24,30,40-41,44,53,58,64H,1,9,11,14,17-19,22,25-29H2,2-7H3,(H,52,60)/t40-,41-,44-,51?/m0/s1. The number of likely N-dealkylation sites (N-methyl/N-ethyl adjacent to an activating group) is 1. The van der Waals surface area contributed by atoms with Crippen molar-refractivity contribution in [2.24, 2.45) is 11.3 Å². The number of carbonyl (C=O) groups excluding carboxylic acids is 5. The molecule has 1 aromatic heterocycles. The predicted octanol–water partition coefficient (Wildman–Crippen LogP) is 5.01. The molecule has 5 heterocycles. The molecule has 4 amide bonds. The lowest BCUT2D eigenvalue weighted by molar-refractivity contribution is -0.156. The number of likely N-dealkylation sites (tertiary alicyclic amines) is 1. The van der Waals surface area contributed by atoms with Crippen molar-refractivity contribution in [2.75, 3.05) is 33.3 Å². The quantitative estimate of drug-likeness (QED) is 0.139. The SMILES string of the molecule is C=CC(=O)N1CCC(O)(C(=O)N(C)[C@H](C(=O)N[C@H]2Cc3cc(O)cc(c3)-c3ccc4c(c3)c(c(-c3cccc5c3COC5)n4CC)CC(C)(C)COC(=O)[C@@H]3CCCN(N3)C2=O)C(C)C)C1. The van der Waals surface area contributed by atoms with E-state index in [2.05, 4.69) is 73.0 Å². The number of hydrazine groups is 1. The highest BCUT2D eigenvalue weighted by molar-refractivity contribution is 5.97. The number of carbonyl (C=O) groups is 5. The van der Waals surface area contributed by atoms with E-state index in [1.54, 1.807) is 26.0 Å². The number of β-amino-alcohol motifs (C(OH)–C–C–N with tert-alkyl or cyclic N) is 1. The molecular formula is C51H62N6O9. The van der Waals surface area contributed by atoms with Crippen LogP contribution in [0.1, 0.15) is 76.1 Å². The first-order chi connectivity index (χ1) is 31.4. The number of aromatic nitrogens is 1. The zero-order chi connectivity index (χ0) is 47.2. The maximum absolute atomic E-state index is 14.7. The van der Waals surface area contributed by atoms with E-state index in [4.69, 9.17) is 9.47 Å². The number of rotatable bonds is 8. The van der Waals surface area contributed by atoms with Gasteiger partial charge in [-0.15, -0.1) is 0 Å². The summed E-state index contributed by atoms with van der Waals surface area (Å²) < 4.78 is 14.4. The minimum atomic E-state index is -1.92. The highest BCUT2D eigenvalue weighted by Crippen LogP contribution is 2.43. The summed E-state index contributed by atoms with van der Waals surface area (Å²) in [6.45, 7) is 15.3. The fraction of sp³-hybridized carbons (Fsp3) is 0.471. The van der Waals surface area contributed by atoms with Crippen LogP contribution in [0.2, 0.25) is 0 Å². The molecule has 8 rings (SSSR count). The molecule has 3 aromatic carbocycles. The Hall–Kier alpha value is -6.03. The van der Waals surface area contributed by atoms with Gasteiger partial charge in [0, 0.05) is 61.4 Å². The molecule has 66 heavy (non-hydrogen) atoms. The van der Waals surface area contributed by atoms with Crippen molar-refractivity contribution < 1.29 is 43.7 Å². The van der Waals surface area contributed by atoms with Gasteiger partial charge in [-0.2, -0.15) is 0 Å². The molecular weight excluding hydrogens is 841 g/mol. The molecule has 4 aliphatic rings. The number of benzene rings is 3. The first kappa shape index (κ1) is 46.5. The van der Waals surface area contributed by atoms with E-state index in [0.717, 1.165) is 50.5 Å². The number of hydrogen-bond donors (Lipinski definition) is 4. The van der Waals surface area contributed by atoms with Crippen molar-refractivity contribution in [1.82, 2.24) is 30.1 Å². The highest BCUT2D eigenvalue weighted by atomic mass is 16.5. The van der Waals surface area contributed by atoms with Gasteiger partial charge >= 0.3 is 5.97 Å². The molecule has 6 bridgehead atoms. The van der Waals surface area contributed by atoms with Crippen LogP contribution < -0.4 is 10.7 Å². The fourth-order valence-corrected chi connectivity index (χ4v) is 10.4. The molecule has 0 saturated carbocycles. The number of ether oxygens (including phenoxy) is 2. The van der Waals surface area contributed by atoms with E-state index in [0.29, 0.717) is 50.1 Å². The Morgan fingerprint density at radius 3 is 2.58 bits per heavy atom. The lowest BCUT2D eigenvalue weighted by atomic mass is 9.83. The summed E-state index contributed by atoms with van der Waals surface area (Å²) in [4.78, 5) is 72.0. The molecule has 4 aromatic rings. The van der Waals surface area contributed by atoms with Crippen LogP contribution in [0.4, 0.5) is 0 Å². The van der Waals surface area contributed by atoms with Crippen LogP contribution in [0.15, 0.2) is 67.3 Å². The molecule has 15 heteroatoms. The topological polar surface area (TPSA) is 183 Å². The van der Waals surface area contributed by atoms with Crippen LogP contribution in [0.25, 0.3) is 33.3 Å². The monoisotopic (exact) mass is 902 g/mol. The number of aromatic hydroxyl groups is 1. The number of nitrogens with zero attached hydrogens (tertiary/aromatic N) is 4. The van der Waals surface area contributed by atoms with Gasteiger partial charge in [-0.1, -0.05) is 64.6 Å². The van der Waals surface area contributed by atoms with Crippen LogP contribution in [-0.4, -0.2) is 116 Å². The summed E-state index contributed by atoms with van der Waals surface area (Å²) in [6, 6.07) is 14.6. The number of aliphatic hydroxyl groups is 1. The van der Waals surface area contributed by atoms with Crippen molar-refractivity contribution in [3.63, 3.8) is 0 Å². The van der Waals surface area contributed by atoms with E-state index in [-0.39, 0.29) is 44.8 Å². The number of amides is 4. The van der Waals surface area contributed by atoms with Gasteiger partial charge < -0.3 is 39.4 Å². The van der Waals surface area contributed by atoms with Crippen LogP contribution in [-0.2, 0) is 66.0 Å². The van der Waals surface area contributed by atoms with Gasteiger partial charge in [-0.3, -0.25) is 29.0 Å². The Balaban J connectivity index is 1.19. The second-order valence-electron chi connectivity index (χ2n) is 19.5. The van der Waals surface area contributed by atoms with Gasteiger partial charge in [0.1, 0.15) is 23.9 Å². The highest BCUT2D eigenvalue weighted by Gasteiger charge is 2.48. The normalized spacial score (nSPS) is 22.4. The molecule has 1 unspecified atom stereocenters. The number of hydrogen-bond acceptors (Lipinski definition) is 10. The Bertz CT molecular complexity index is 2600. The van der Waals surface area contributed by atoms with E-state index < -0.39 is 64.7 Å². The van der Waals surface area contributed by atoms with Crippen molar-refractivity contribution in [3.05, 3.63) is 89.5 Å². The van der Waals surface area contributed by atoms with E-state index in [9.17, 15) is 34.2 Å². The Morgan fingerprint density at radius 2 is 1.83 bits per heavy atom. The molecule has 4 atom stereocenters. The predicted molar refractivity (Wildman–Crippen MR) is 248 cm³/mol. The Kier molecular flexibility index (Phi) is 12.9. The molecule has 4 aliphatic heterocycles. The summed E-state index contributed by atoms with van der Waals surface area (Å²) in [5.41, 5.74) is 9.42. The molecule has 2 saturated heterocycles. The molecule has 350 valence electrons. The first-order valence-corrected chi connectivity index (χ1v) is 23.0. The lowest BCUT2D eigenvalue weighted by Gasteiger charge is -2.37. The number of phenols is 1. The minimum Gasteiger partial charge on any atom is -0.508 e. The van der Waals surface area contributed by atoms with Crippen LogP contribution in [0.5, 0.6) is 5.75 Å². The first-order valence-electron chi connectivity index (χ1n) is 23.0. The van der Waals surface area contributed by atoms with Crippen molar-refractivity contribution >= 4 is 40.5 Å². The van der Waals surface area contributed by atoms with Crippen LogP contribution in [0, 0.1) is 11.3 Å². The van der Waals surface area contributed by atoms with Gasteiger partial charge in [-0.25, -0.2) is 5.43 Å². The van der Waals surface area contributed by atoms with Gasteiger partial charge in [0.2, 0.25) is 11.8 Å². The molecule has 0 aliphatic carbocycles. The third-order valence-corrected chi connectivity index (χ3v) is 13.6. The van der Waals surface area contributed by atoms with Crippen molar-refractivity contribution in [2.45, 2.75) is 110 Å². The van der Waals surface area contributed by atoms with Crippen LogP contribution >= 0.6 is 0 Å². The number of phenolic OH excluding ortho intramolecular Hbond substituents is 1. The average molecular weight is 903 g/mol. The molecule has 0 radical (unpaired) electrons. The van der Waals surface area contributed by atoms with Gasteiger partial charge in [0.05, 0.1) is 32.1 Å². The maximum atomic E-state index is 14.7. The fourth-order valence-electron chi connectivity index (χ4n) is 10.4. The summed E-state index contributed by atoms with van der Waals surface area (Å²) in [7, 11) is 1.43. The summed E-state index contributed by atoms with van der Waals surface area (Å²) in [5, 5.41) is 28.1. The Morgan fingerprint density at radius 1 is 1.05 bits per heavy atom. The van der Waals surface area contributed by atoms with E-state index in [1.165, 1.54) is 21.9 Å². The molecule has 2 fully saturated rings. The van der Waals surface area contributed by atoms with E-state index >= 15 is 0 Å². The maximum Gasteiger partial charge on any atom is 0.324 e. The van der Waals surface area contributed by atoms with Gasteiger partial charge in [0.25, 0.3) is 11.8 Å². The summed E-state index contributed by atoms with van der Waals surface area (Å²) >= 11 is 0. The Labute approximate surface area is 385 Å². The minimum absolute atomic E-state index is 0.0189. The second kappa shape index (κ2) is 18.3. The molecule has 4 N–H and O–H groups in total. The zero-order valence-electron chi connectivity index (χ0n) is 38.8. The third kappa shape index (κ3) is 8.95. The van der Waals surface area contributed by atoms with Crippen molar-refractivity contribution in [1.29, 1.82) is 0 Å². The number of fused-ring (bicyclic) bond motifs is 7. The molecule has 0 spiro atoms. The number of esters is 1. The number of aryl methyl sites for hydroxylation is 1. The lowest BCUT2D eigenvalue weighted by Crippen LogP contribution is -2.63. The second-order valence-corrected chi connectivity index (χ2v) is 19.5. The average Bonchev–Trinajstić information content (AvgIpc) is 4.02. The molecule has 15 nitrogen and oxygen atoms in total. The number of nitrogens with one attached hydrogen (secondary N) is 2. The van der Waals surface area contributed by atoms with Gasteiger partial charge in [-0.05, 0) is 95.8 Å². The number of cyclic esters (lactones) is 1. The summed E-state index contributed by atoms with van der Waals surface area (Å²) in [6.07, 6.45) is 2.54. The van der Waals surface area contributed by atoms with E-state index in [1.807, 2.05) is 12.1 Å². The van der Waals surface area contributed by atoms with Crippen molar-refractivity contribution in [3.8, 4) is 28.1 Å². The third-order valence-electron chi connectivity index (χ3n) is 13.6. The van der Waals surface area contributed by atoms with Gasteiger partial charge in [0.15, 0.2) is 5.60 Å². The smallest absolute Gasteiger partial charge is 0.324 e. The van der Waals surface area contributed by atoms with Crippen LogP contribution in [0.3, 0.4) is 0 Å².